The van der Waals surface area contributed by atoms with E-state index in [-0.39, 0.29) is 11.9 Å². The van der Waals surface area contributed by atoms with Crippen LogP contribution >= 0.6 is 0 Å². The van der Waals surface area contributed by atoms with Crippen LogP contribution in [0.3, 0.4) is 0 Å². The number of benzene rings is 1. The molecule has 0 radical (unpaired) electrons. The number of nitrogens with one attached hydrogen (secondary N) is 1. The second kappa shape index (κ2) is 9.91. The molecule has 0 bridgehead atoms. The Morgan fingerprint density at radius 3 is 2.84 bits per heavy atom. The first kappa shape index (κ1) is 19.1. The smallest absolute Gasteiger partial charge is 0.310 e. The zero-order chi connectivity index (χ0) is 18.1. The molecule has 1 unspecified atom stereocenters. The summed E-state index contributed by atoms with van der Waals surface area (Å²) in [6.07, 6.45) is 1.83. The normalized spacial score (nSPS) is 18.0. The lowest BCUT2D eigenvalue weighted by Gasteiger charge is -2.34. The number of para-hydroxylation sites is 1. The molecule has 25 heavy (non-hydrogen) atoms. The van der Waals surface area contributed by atoms with Gasteiger partial charge in [-0.1, -0.05) is 18.2 Å². The quantitative estimate of drug-likeness (QED) is 0.486. The number of carbonyl (C=O) groups is 1. The molecule has 1 fully saturated rings. The van der Waals surface area contributed by atoms with Crippen LogP contribution in [0.4, 0.5) is 0 Å². The minimum Gasteiger partial charge on any atom is -0.494 e. The molecule has 1 aromatic rings. The first-order chi connectivity index (χ1) is 12.2. The van der Waals surface area contributed by atoms with Crippen LogP contribution in [0.1, 0.15) is 32.3 Å². The van der Waals surface area contributed by atoms with Crippen LogP contribution in [-0.4, -0.2) is 50.2 Å². The molecule has 1 heterocycles. The Hall–Kier alpha value is -2.24. The standard InChI is InChI=1S/C19H29N3O3/c1-4-24-17-11-7-6-9-15(17)13-21-19(20-3)22-12-8-10-16(14-22)18(23)25-5-2/h6-7,9,11,16H,4-5,8,10,12-14H2,1-3H3,(H,20,21). The summed E-state index contributed by atoms with van der Waals surface area (Å²) in [5.74, 6) is 1.50. The molecular formula is C19H29N3O3. The molecule has 0 spiro atoms. The van der Waals surface area contributed by atoms with Crippen molar-refractivity contribution in [1.29, 1.82) is 0 Å². The molecule has 1 saturated heterocycles. The Kier molecular flexibility index (Phi) is 7.57. The molecule has 2 rings (SSSR count). The van der Waals surface area contributed by atoms with E-state index in [1.165, 1.54) is 0 Å². The second-order valence-electron chi connectivity index (χ2n) is 5.98. The summed E-state index contributed by atoms with van der Waals surface area (Å²) in [7, 11) is 1.77. The third-order valence-electron chi connectivity index (χ3n) is 4.26. The number of hydrogen-bond donors (Lipinski definition) is 1. The van der Waals surface area contributed by atoms with Gasteiger partial charge in [0.15, 0.2) is 5.96 Å². The number of guanidine groups is 1. The maximum absolute atomic E-state index is 12.0. The average Bonchev–Trinajstić information content (AvgIpc) is 2.64. The molecule has 6 heteroatoms. The van der Waals surface area contributed by atoms with Gasteiger partial charge in [0.05, 0.1) is 19.1 Å². The van der Waals surface area contributed by atoms with Crippen molar-refractivity contribution in [2.24, 2.45) is 10.9 Å². The zero-order valence-electron chi connectivity index (χ0n) is 15.5. The molecule has 1 aromatic carbocycles. The van der Waals surface area contributed by atoms with Gasteiger partial charge in [-0.2, -0.15) is 0 Å². The van der Waals surface area contributed by atoms with E-state index in [1.807, 2.05) is 38.1 Å². The molecule has 0 aliphatic carbocycles. The maximum atomic E-state index is 12.0. The van der Waals surface area contributed by atoms with Crippen LogP contribution in [0.5, 0.6) is 5.75 Å². The van der Waals surface area contributed by atoms with Gasteiger partial charge in [0.2, 0.25) is 0 Å². The summed E-state index contributed by atoms with van der Waals surface area (Å²) in [5, 5.41) is 3.39. The summed E-state index contributed by atoms with van der Waals surface area (Å²) in [4.78, 5) is 18.5. The SMILES string of the molecule is CCOC(=O)C1CCCN(C(=NC)NCc2ccccc2OCC)C1. The monoisotopic (exact) mass is 347 g/mol. The first-order valence-corrected chi connectivity index (χ1v) is 9.02. The molecule has 1 atom stereocenters. The van der Waals surface area contributed by atoms with E-state index in [9.17, 15) is 4.79 Å². The van der Waals surface area contributed by atoms with E-state index in [1.54, 1.807) is 7.05 Å². The van der Waals surface area contributed by atoms with E-state index in [0.29, 0.717) is 26.3 Å². The Morgan fingerprint density at radius 2 is 2.12 bits per heavy atom. The average molecular weight is 347 g/mol. The van der Waals surface area contributed by atoms with Crippen molar-refractivity contribution in [2.75, 3.05) is 33.4 Å². The van der Waals surface area contributed by atoms with Gasteiger partial charge in [0, 0.05) is 32.2 Å². The lowest BCUT2D eigenvalue weighted by molar-refractivity contribution is -0.149. The van der Waals surface area contributed by atoms with Gasteiger partial charge in [-0.25, -0.2) is 0 Å². The number of aliphatic imine (C=N–C) groups is 1. The van der Waals surface area contributed by atoms with Crippen LogP contribution in [0, 0.1) is 5.92 Å². The fraction of sp³-hybridized carbons (Fsp3) is 0.579. The van der Waals surface area contributed by atoms with E-state index in [0.717, 1.165) is 36.7 Å². The van der Waals surface area contributed by atoms with Gasteiger partial charge in [0.1, 0.15) is 5.75 Å². The minimum atomic E-state index is -0.107. The zero-order valence-corrected chi connectivity index (χ0v) is 15.5. The third-order valence-corrected chi connectivity index (χ3v) is 4.26. The molecule has 138 valence electrons. The fourth-order valence-corrected chi connectivity index (χ4v) is 3.07. The molecule has 6 nitrogen and oxygen atoms in total. The van der Waals surface area contributed by atoms with Crippen LogP contribution in [0.25, 0.3) is 0 Å². The van der Waals surface area contributed by atoms with Crippen molar-refractivity contribution in [3.8, 4) is 5.75 Å². The molecule has 1 aliphatic rings. The van der Waals surface area contributed by atoms with Crippen molar-refractivity contribution in [2.45, 2.75) is 33.2 Å². The van der Waals surface area contributed by atoms with Gasteiger partial charge >= 0.3 is 5.97 Å². The molecule has 0 amide bonds. The largest absolute Gasteiger partial charge is 0.494 e. The Bertz CT molecular complexity index is 589. The number of ether oxygens (including phenoxy) is 2. The number of rotatable bonds is 6. The Balaban J connectivity index is 1.97. The van der Waals surface area contributed by atoms with E-state index >= 15 is 0 Å². The van der Waals surface area contributed by atoms with Gasteiger partial charge in [-0.3, -0.25) is 9.79 Å². The number of nitrogens with zero attached hydrogens (tertiary/aromatic N) is 2. The number of carbonyl (C=O) groups excluding carboxylic acids is 1. The number of likely N-dealkylation sites (tertiary alicyclic amines) is 1. The highest BCUT2D eigenvalue weighted by atomic mass is 16.5. The van der Waals surface area contributed by atoms with Crippen molar-refractivity contribution in [3.05, 3.63) is 29.8 Å². The van der Waals surface area contributed by atoms with Gasteiger partial charge in [0.25, 0.3) is 0 Å². The predicted molar refractivity (Wildman–Crippen MR) is 98.7 cm³/mol. The van der Waals surface area contributed by atoms with E-state index in [4.69, 9.17) is 9.47 Å². The predicted octanol–water partition coefficient (Wildman–Crippen LogP) is 2.44. The van der Waals surface area contributed by atoms with Crippen LogP contribution in [-0.2, 0) is 16.1 Å². The van der Waals surface area contributed by atoms with Crippen molar-refractivity contribution in [3.63, 3.8) is 0 Å². The van der Waals surface area contributed by atoms with E-state index in [2.05, 4.69) is 15.2 Å². The number of esters is 1. The van der Waals surface area contributed by atoms with E-state index < -0.39 is 0 Å². The van der Waals surface area contributed by atoms with Crippen LogP contribution in [0.15, 0.2) is 29.3 Å². The lowest BCUT2D eigenvalue weighted by Crippen LogP contribution is -2.48. The van der Waals surface area contributed by atoms with Crippen LogP contribution < -0.4 is 10.1 Å². The Morgan fingerprint density at radius 1 is 1.32 bits per heavy atom. The van der Waals surface area contributed by atoms with Crippen molar-refractivity contribution >= 4 is 11.9 Å². The highest BCUT2D eigenvalue weighted by Gasteiger charge is 2.28. The maximum Gasteiger partial charge on any atom is 0.310 e. The van der Waals surface area contributed by atoms with Crippen molar-refractivity contribution in [1.82, 2.24) is 10.2 Å². The summed E-state index contributed by atoms with van der Waals surface area (Å²) in [6.45, 7) is 7.05. The molecule has 0 saturated carbocycles. The topological polar surface area (TPSA) is 63.2 Å². The highest BCUT2D eigenvalue weighted by Crippen LogP contribution is 2.20. The molecule has 0 aromatic heterocycles. The lowest BCUT2D eigenvalue weighted by atomic mass is 9.98. The molecular weight excluding hydrogens is 318 g/mol. The molecule has 1 aliphatic heterocycles. The minimum absolute atomic E-state index is 0.0806. The number of hydrogen-bond acceptors (Lipinski definition) is 4. The summed E-state index contributed by atoms with van der Waals surface area (Å²) in [6, 6.07) is 7.99. The summed E-state index contributed by atoms with van der Waals surface area (Å²) in [5.41, 5.74) is 1.09. The summed E-state index contributed by atoms with van der Waals surface area (Å²) >= 11 is 0. The molecule has 1 N–H and O–H groups in total. The second-order valence-corrected chi connectivity index (χ2v) is 5.98. The summed E-state index contributed by atoms with van der Waals surface area (Å²) < 4.78 is 10.8. The Labute approximate surface area is 150 Å². The van der Waals surface area contributed by atoms with Gasteiger partial charge in [-0.05, 0) is 32.8 Å². The highest BCUT2D eigenvalue weighted by molar-refractivity contribution is 5.81. The fourth-order valence-electron chi connectivity index (χ4n) is 3.07. The first-order valence-electron chi connectivity index (χ1n) is 9.02. The van der Waals surface area contributed by atoms with Gasteiger partial charge in [-0.15, -0.1) is 0 Å². The van der Waals surface area contributed by atoms with Gasteiger partial charge < -0.3 is 19.7 Å². The number of piperidine rings is 1. The van der Waals surface area contributed by atoms with Crippen molar-refractivity contribution < 1.29 is 14.3 Å². The third kappa shape index (κ3) is 5.37. The van der Waals surface area contributed by atoms with Crippen LogP contribution in [0.2, 0.25) is 0 Å².